The Morgan fingerprint density at radius 2 is 1.92 bits per heavy atom. The van der Waals surface area contributed by atoms with Crippen molar-refractivity contribution in [3.8, 4) is 0 Å². The number of nitrogens with one attached hydrogen (secondary N) is 2. The summed E-state index contributed by atoms with van der Waals surface area (Å²) >= 11 is 0. The third-order valence-corrected chi connectivity index (χ3v) is 6.09. The average molecular weight is 485 g/mol. The summed E-state index contributed by atoms with van der Waals surface area (Å²) in [4.78, 5) is 4.37. The molecule has 0 spiro atoms. The third-order valence-electron chi connectivity index (χ3n) is 3.96. The van der Waals surface area contributed by atoms with Crippen LogP contribution in [0, 0.1) is 12.7 Å². The summed E-state index contributed by atoms with van der Waals surface area (Å²) in [5.41, 5.74) is 1.98. The molecule has 0 heterocycles. The van der Waals surface area contributed by atoms with Gasteiger partial charge in [-0.15, -0.1) is 24.0 Å². The van der Waals surface area contributed by atoms with Crippen molar-refractivity contribution >= 4 is 39.8 Å². The zero-order valence-corrected chi connectivity index (χ0v) is 18.7. The molecule has 0 radical (unpaired) electrons. The first-order valence-corrected chi connectivity index (χ1v) is 9.93. The lowest BCUT2D eigenvalue weighted by Gasteiger charge is -2.21. The molecule has 2 N–H and O–H groups in total. The molecular formula is C17H29FIN3O2S. The predicted octanol–water partition coefficient (Wildman–Crippen LogP) is 2.67. The van der Waals surface area contributed by atoms with Gasteiger partial charge in [0.05, 0.1) is 11.3 Å². The van der Waals surface area contributed by atoms with E-state index in [1.165, 1.54) is 18.4 Å². The second-order valence-corrected chi connectivity index (χ2v) is 9.12. The highest BCUT2D eigenvalue weighted by Crippen LogP contribution is 2.15. The van der Waals surface area contributed by atoms with Crippen LogP contribution in [-0.2, 0) is 16.3 Å². The van der Waals surface area contributed by atoms with E-state index >= 15 is 0 Å². The van der Waals surface area contributed by atoms with E-state index in [-0.39, 0.29) is 36.3 Å². The molecule has 0 aliphatic heterocycles. The van der Waals surface area contributed by atoms with Gasteiger partial charge in [-0.05, 0) is 57.4 Å². The van der Waals surface area contributed by atoms with Crippen LogP contribution in [0.1, 0.15) is 31.9 Å². The van der Waals surface area contributed by atoms with E-state index in [9.17, 15) is 12.8 Å². The number of nitrogens with zero attached hydrogens (tertiary/aromatic N) is 1. The van der Waals surface area contributed by atoms with E-state index < -0.39 is 14.6 Å². The van der Waals surface area contributed by atoms with E-state index in [1.807, 2.05) is 13.8 Å². The number of hydrogen-bond acceptors (Lipinski definition) is 3. The Labute approximate surface area is 167 Å². The van der Waals surface area contributed by atoms with Crippen molar-refractivity contribution in [1.29, 1.82) is 0 Å². The maximum absolute atomic E-state index is 13.1. The Kier molecular flexibility index (Phi) is 9.93. The molecule has 8 heteroatoms. The van der Waals surface area contributed by atoms with Crippen LogP contribution in [0.4, 0.5) is 4.39 Å². The first kappa shape index (κ1) is 24.1. The van der Waals surface area contributed by atoms with Gasteiger partial charge in [-0.3, -0.25) is 4.99 Å². The second kappa shape index (κ2) is 10.3. The molecule has 144 valence electrons. The number of aliphatic imine (C=N–C) groups is 1. The maximum Gasteiger partial charge on any atom is 0.191 e. The summed E-state index contributed by atoms with van der Waals surface area (Å²) in [5, 5.41) is 6.29. The SMILES string of the molecule is CCNC(=NCC(C)(C)S(C)(=O)=O)NCCc1ccc(F)cc1C.I. The van der Waals surface area contributed by atoms with Gasteiger partial charge >= 0.3 is 0 Å². The molecule has 0 aliphatic carbocycles. The van der Waals surface area contributed by atoms with Crippen LogP contribution in [0.5, 0.6) is 0 Å². The molecule has 0 saturated heterocycles. The van der Waals surface area contributed by atoms with Crippen LogP contribution in [0.2, 0.25) is 0 Å². The van der Waals surface area contributed by atoms with Gasteiger partial charge in [0.2, 0.25) is 0 Å². The van der Waals surface area contributed by atoms with Gasteiger partial charge in [-0.2, -0.15) is 0 Å². The van der Waals surface area contributed by atoms with Gasteiger partial charge < -0.3 is 10.6 Å². The van der Waals surface area contributed by atoms with Crippen molar-refractivity contribution in [2.45, 2.75) is 38.9 Å². The molecule has 5 nitrogen and oxygen atoms in total. The van der Waals surface area contributed by atoms with E-state index in [0.29, 0.717) is 19.0 Å². The first-order chi connectivity index (χ1) is 11.1. The molecule has 0 fully saturated rings. The van der Waals surface area contributed by atoms with Gasteiger partial charge in [-0.1, -0.05) is 6.07 Å². The van der Waals surface area contributed by atoms with E-state index in [1.54, 1.807) is 19.9 Å². The number of aryl methyl sites for hydroxylation is 1. The molecule has 0 saturated carbocycles. The highest BCUT2D eigenvalue weighted by atomic mass is 127. The van der Waals surface area contributed by atoms with Crippen molar-refractivity contribution in [2.24, 2.45) is 4.99 Å². The summed E-state index contributed by atoms with van der Waals surface area (Å²) in [6.07, 6.45) is 1.95. The standard InChI is InChI=1S/C17H28FN3O2S.HI/c1-6-19-16(21-12-17(3,4)24(5,22)23)20-10-9-14-7-8-15(18)11-13(14)2;/h7-8,11H,6,9-10,12H2,1-5H3,(H2,19,20,21);1H. The quantitative estimate of drug-likeness (QED) is 0.354. The number of rotatable bonds is 7. The minimum absolute atomic E-state index is 0. The molecular weight excluding hydrogens is 456 g/mol. The lowest BCUT2D eigenvalue weighted by atomic mass is 10.1. The van der Waals surface area contributed by atoms with Gasteiger partial charge in [0.1, 0.15) is 5.82 Å². The van der Waals surface area contributed by atoms with Crippen LogP contribution < -0.4 is 10.6 Å². The summed E-state index contributed by atoms with van der Waals surface area (Å²) in [6, 6.07) is 4.75. The van der Waals surface area contributed by atoms with Crippen LogP contribution >= 0.6 is 24.0 Å². The zero-order valence-electron chi connectivity index (χ0n) is 15.5. The monoisotopic (exact) mass is 485 g/mol. The lowest BCUT2D eigenvalue weighted by molar-refractivity contribution is 0.554. The van der Waals surface area contributed by atoms with Gasteiger partial charge in [0, 0.05) is 19.3 Å². The summed E-state index contributed by atoms with van der Waals surface area (Å²) in [7, 11) is -3.18. The minimum Gasteiger partial charge on any atom is -0.357 e. The largest absolute Gasteiger partial charge is 0.357 e. The van der Waals surface area contributed by atoms with Gasteiger partial charge in [-0.25, -0.2) is 12.8 Å². The molecule has 1 rings (SSSR count). The van der Waals surface area contributed by atoms with E-state index in [0.717, 1.165) is 17.5 Å². The normalized spacial score (nSPS) is 12.5. The average Bonchev–Trinajstić information content (AvgIpc) is 2.45. The van der Waals surface area contributed by atoms with Crippen LogP contribution in [-0.4, -0.2) is 45.0 Å². The molecule has 1 aromatic rings. The zero-order chi connectivity index (χ0) is 18.4. The molecule has 25 heavy (non-hydrogen) atoms. The molecule has 0 bridgehead atoms. The van der Waals surface area contributed by atoms with Crippen LogP contribution in [0.3, 0.4) is 0 Å². The molecule has 0 atom stereocenters. The van der Waals surface area contributed by atoms with Crippen molar-refractivity contribution in [3.05, 3.63) is 35.1 Å². The molecule has 0 aliphatic rings. The highest BCUT2D eigenvalue weighted by molar-refractivity contribution is 14.0. The molecule has 0 unspecified atom stereocenters. The summed E-state index contributed by atoms with van der Waals surface area (Å²) < 4.78 is 35.7. The Morgan fingerprint density at radius 3 is 2.44 bits per heavy atom. The molecule has 0 aromatic heterocycles. The van der Waals surface area contributed by atoms with Crippen LogP contribution in [0.15, 0.2) is 23.2 Å². The van der Waals surface area contributed by atoms with Crippen molar-refractivity contribution < 1.29 is 12.8 Å². The number of sulfone groups is 1. The fourth-order valence-corrected chi connectivity index (χ4v) is 2.28. The number of guanidine groups is 1. The topological polar surface area (TPSA) is 70.6 Å². The minimum atomic E-state index is -3.18. The number of hydrogen-bond donors (Lipinski definition) is 2. The Morgan fingerprint density at radius 1 is 1.28 bits per heavy atom. The number of benzene rings is 1. The van der Waals surface area contributed by atoms with Crippen molar-refractivity contribution in [3.63, 3.8) is 0 Å². The second-order valence-electron chi connectivity index (χ2n) is 6.47. The number of halogens is 2. The van der Waals surface area contributed by atoms with Gasteiger partial charge in [0.15, 0.2) is 15.8 Å². The Bertz CT molecular complexity index is 691. The van der Waals surface area contributed by atoms with E-state index in [2.05, 4.69) is 15.6 Å². The molecule has 1 aromatic carbocycles. The van der Waals surface area contributed by atoms with Crippen LogP contribution in [0.25, 0.3) is 0 Å². The Hall–Kier alpha value is -0.900. The Balaban J connectivity index is 0.00000576. The maximum atomic E-state index is 13.1. The van der Waals surface area contributed by atoms with E-state index in [4.69, 9.17) is 0 Å². The first-order valence-electron chi connectivity index (χ1n) is 8.03. The summed E-state index contributed by atoms with van der Waals surface area (Å²) in [5.74, 6) is 0.344. The smallest absolute Gasteiger partial charge is 0.191 e. The van der Waals surface area contributed by atoms with Gasteiger partial charge in [0.25, 0.3) is 0 Å². The highest BCUT2D eigenvalue weighted by Gasteiger charge is 2.29. The van der Waals surface area contributed by atoms with Crippen molar-refractivity contribution in [2.75, 3.05) is 25.9 Å². The third kappa shape index (κ3) is 7.89. The van der Waals surface area contributed by atoms with Crippen molar-refractivity contribution in [1.82, 2.24) is 10.6 Å². The lowest BCUT2D eigenvalue weighted by Crippen LogP contribution is -2.41. The fourth-order valence-electron chi connectivity index (χ4n) is 1.98. The fraction of sp³-hybridized carbons (Fsp3) is 0.588. The summed E-state index contributed by atoms with van der Waals surface area (Å²) in [6.45, 7) is 8.64. The predicted molar refractivity (Wildman–Crippen MR) is 113 cm³/mol. The molecule has 0 amide bonds.